The van der Waals surface area contributed by atoms with Crippen molar-refractivity contribution in [2.75, 3.05) is 6.61 Å². The Hall–Kier alpha value is 0.340. The maximum Gasteiger partial charge on any atom is 1.00 e. The van der Waals surface area contributed by atoms with Gasteiger partial charge in [-0.1, -0.05) is 51.9 Å². The summed E-state index contributed by atoms with van der Waals surface area (Å²) in [6.45, 7) is 3.64. The van der Waals surface area contributed by atoms with Crippen LogP contribution in [-0.4, -0.2) is 31.7 Å². The van der Waals surface area contributed by atoms with E-state index in [1.165, 1.54) is 39.0 Å². The van der Waals surface area contributed by atoms with E-state index in [2.05, 4.69) is 11.1 Å². The fourth-order valence-electron chi connectivity index (χ4n) is 1.75. The second-order valence-electron chi connectivity index (χ2n) is 4.81. The molecule has 0 amide bonds. The van der Waals surface area contributed by atoms with E-state index in [4.69, 9.17) is 9.29 Å². The van der Waals surface area contributed by atoms with Gasteiger partial charge in [0.15, 0.2) is 6.10 Å². The zero-order valence-electron chi connectivity index (χ0n) is 13.3. The maximum atomic E-state index is 11.3. The molecule has 0 rings (SSSR count). The van der Waals surface area contributed by atoms with Gasteiger partial charge in [0.2, 0.25) is 0 Å². The van der Waals surface area contributed by atoms with E-state index in [-0.39, 0.29) is 36.2 Å². The van der Waals surface area contributed by atoms with Crippen LogP contribution in [0.1, 0.15) is 65.2 Å². The Balaban J connectivity index is 0. The van der Waals surface area contributed by atoms with Gasteiger partial charge in [-0.25, -0.2) is 8.98 Å². The van der Waals surface area contributed by atoms with Crippen LogP contribution in [0.15, 0.2) is 0 Å². The smallest absolute Gasteiger partial charge is 0.464 e. The van der Waals surface area contributed by atoms with E-state index in [0.29, 0.717) is 0 Å². The summed E-state index contributed by atoms with van der Waals surface area (Å²) in [5, 5.41) is 0. The third-order valence-electron chi connectivity index (χ3n) is 2.84. The molecule has 0 aliphatic rings. The van der Waals surface area contributed by atoms with E-state index in [0.717, 1.165) is 19.3 Å². The van der Waals surface area contributed by atoms with Gasteiger partial charge in [-0.05, 0) is 13.3 Å². The number of rotatable bonds is 12. The number of carbonyl (C=O) groups is 1. The van der Waals surface area contributed by atoms with Crippen molar-refractivity contribution in [3.8, 4) is 0 Å². The molecular formula is C13H26NaO6S+. The van der Waals surface area contributed by atoms with Gasteiger partial charge < -0.3 is 4.74 Å². The van der Waals surface area contributed by atoms with E-state index in [1.54, 1.807) is 0 Å². The van der Waals surface area contributed by atoms with Gasteiger partial charge in [-0.2, -0.15) is 8.42 Å². The van der Waals surface area contributed by atoms with Crippen LogP contribution in [0.5, 0.6) is 0 Å². The zero-order valence-corrected chi connectivity index (χ0v) is 16.2. The van der Waals surface area contributed by atoms with Gasteiger partial charge >= 0.3 is 45.9 Å². The van der Waals surface area contributed by atoms with Crippen molar-refractivity contribution in [3.63, 3.8) is 0 Å². The van der Waals surface area contributed by atoms with Gasteiger partial charge in [0, 0.05) is 0 Å². The molecule has 0 spiro atoms. The van der Waals surface area contributed by atoms with E-state index in [1.807, 2.05) is 0 Å². The monoisotopic (exact) mass is 333 g/mol. The van der Waals surface area contributed by atoms with Gasteiger partial charge in [-0.3, -0.25) is 4.55 Å². The van der Waals surface area contributed by atoms with Crippen molar-refractivity contribution in [3.05, 3.63) is 0 Å². The van der Waals surface area contributed by atoms with Crippen LogP contribution in [0.3, 0.4) is 0 Å². The Morgan fingerprint density at radius 1 is 1.05 bits per heavy atom. The largest absolute Gasteiger partial charge is 1.00 e. The standard InChI is InChI=1S/C13H26O6S.Na/c1-3-4-5-6-7-8-9-10-11-18-13(14)12(2)19-20(15,16)17;/h12H,3-11H2,1-2H3,(H,15,16,17);/q;+1. The molecule has 0 saturated heterocycles. The number of ether oxygens (including phenoxy) is 1. The van der Waals surface area contributed by atoms with E-state index < -0.39 is 22.5 Å². The average Bonchev–Trinajstić information content (AvgIpc) is 2.34. The molecule has 0 aliphatic carbocycles. The molecule has 0 radical (unpaired) electrons. The van der Waals surface area contributed by atoms with Crippen LogP contribution in [0.25, 0.3) is 0 Å². The molecule has 0 aromatic carbocycles. The minimum Gasteiger partial charge on any atom is -0.464 e. The van der Waals surface area contributed by atoms with Crippen LogP contribution >= 0.6 is 0 Å². The third-order valence-corrected chi connectivity index (χ3v) is 3.37. The van der Waals surface area contributed by atoms with Crippen LogP contribution in [0.4, 0.5) is 0 Å². The summed E-state index contributed by atoms with van der Waals surface area (Å²) in [6, 6.07) is 0. The van der Waals surface area contributed by atoms with Crippen LogP contribution in [-0.2, 0) is 24.1 Å². The van der Waals surface area contributed by atoms with Crippen LogP contribution in [0.2, 0.25) is 0 Å². The van der Waals surface area contributed by atoms with Crippen molar-refractivity contribution in [2.24, 2.45) is 0 Å². The first-order valence-electron chi connectivity index (χ1n) is 7.19. The SMILES string of the molecule is CCCCCCCCCCOC(=O)C(C)OS(=O)(=O)O.[Na+]. The molecule has 6 nitrogen and oxygen atoms in total. The number of hydrogen-bond acceptors (Lipinski definition) is 5. The maximum absolute atomic E-state index is 11.3. The topological polar surface area (TPSA) is 89.9 Å². The Morgan fingerprint density at radius 3 is 2.00 bits per heavy atom. The summed E-state index contributed by atoms with van der Waals surface area (Å²) in [7, 11) is -4.62. The molecule has 1 atom stereocenters. The van der Waals surface area contributed by atoms with E-state index in [9.17, 15) is 13.2 Å². The molecule has 0 aromatic rings. The first-order valence-corrected chi connectivity index (χ1v) is 8.55. The minimum absolute atomic E-state index is 0. The minimum atomic E-state index is -4.62. The number of hydrogen-bond donors (Lipinski definition) is 1. The molecule has 1 unspecified atom stereocenters. The summed E-state index contributed by atoms with van der Waals surface area (Å²) < 4.78 is 38.1. The molecule has 0 aromatic heterocycles. The molecular weight excluding hydrogens is 307 g/mol. The predicted molar refractivity (Wildman–Crippen MR) is 75.7 cm³/mol. The molecule has 120 valence electrons. The number of unbranched alkanes of at least 4 members (excludes halogenated alkanes) is 7. The van der Waals surface area contributed by atoms with Gasteiger partial charge in [-0.15, -0.1) is 0 Å². The Kier molecular flexibility index (Phi) is 15.7. The fraction of sp³-hybridized carbons (Fsp3) is 0.923. The quantitative estimate of drug-likeness (QED) is 0.232. The van der Waals surface area contributed by atoms with Gasteiger partial charge in [0.1, 0.15) is 0 Å². The average molecular weight is 333 g/mol. The Labute approximate surface area is 150 Å². The summed E-state index contributed by atoms with van der Waals surface area (Å²) in [4.78, 5) is 11.3. The van der Waals surface area contributed by atoms with Crippen molar-refractivity contribution in [1.82, 2.24) is 0 Å². The van der Waals surface area contributed by atoms with Crippen molar-refractivity contribution >= 4 is 16.4 Å². The molecule has 21 heavy (non-hydrogen) atoms. The number of carbonyl (C=O) groups excluding carboxylic acids is 1. The Bertz CT molecular complexity index is 358. The fourth-order valence-corrected chi connectivity index (χ4v) is 2.19. The molecule has 0 heterocycles. The van der Waals surface area contributed by atoms with E-state index >= 15 is 0 Å². The first-order chi connectivity index (χ1) is 9.37. The summed E-state index contributed by atoms with van der Waals surface area (Å²) in [5.41, 5.74) is 0. The normalized spacial score (nSPS) is 12.5. The predicted octanol–water partition coefficient (Wildman–Crippen LogP) is -0.118. The van der Waals surface area contributed by atoms with Crippen molar-refractivity contribution in [1.29, 1.82) is 0 Å². The van der Waals surface area contributed by atoms with Crippen LogP contribution < -0.4 is 29.6 Å². The summed E-state index contributed by atoms with van der Waals surface area (Å²) >= 11 is 0. The third kappa shape index (κ3) is 16.5. The molecule has 0 aliphatic heterocycles. The second kappa shape index (κ2) is 14.0. The van der Waals surface area contributed by atoms with Gasteiger partial charge in [0.05, 0.1) is 6.61 Å². The molecule has 1 N–H and O–H groups in total. The first kappa shape index (κ1) is 23.6. The molecule has 0 bridgehead atoms. The molecule has 8 heteroatoms. The summed E-state index contributed by atoms with van der Waals surface area (Å²) in [6.07, 6.45) is 7.74. The van der Waals surface area contributed by atoms with Gasteiger partial charge in [0.25, 0.3) is 0 Å². The van der Waals surface area contributed by atoms with Crippen molar-refractivity contribution < 1.29 is 56.2 Å². The van der Waals surface area contributed by atoms with Crippen molar-refractivity contribution in [2.45, 2.75) is 71.3 Å². The summed E-state index contributed by atoms with van der Waals surface area (Å²) in [5.74, 6) is -0.787. The van der Waals surface area contributed by atoms with Crippen LogP contribution in [0, 0.1) is 0 Å². The molecule has 0 fully saturated rings. The number of esters is 1. The Morgan fingerprint density at radius 2 is 1.52 bits per heavy atom. The zero-order chi connectivity index (χ0) is 15.4. The molecule has 0 saturated carbocycles. The second-order valence-corrected chi connectivity index (χ2v) is 5.86.